The fraction of sp³-hybridized carbons (Fsp3) is 0.316. The van der Waals surface area contributed by atoms with Crippen LogP contribution in [0.2, 0.25) is 5.02 Å². The summed E-state index contributed by atoms with van der Waals surface area (Å²) in [6, 6.07) is 14.3. The van der Waals surface area contributed by atoms with Crippen molar-refractivity contribution in [2.24, 2.45) is 0 Å². The van der Waals surface area contributed by atoms with Gasteiger partial charge in [0.2, 0.25) is 0 Å². The van der Waals surface area contributed by atoms with Crippen LogP contribution in [-0.4, -0.2) is 36.8 Å². The number of hydrogen-bond acceptors (Lipinski definition) is 3. The topological polar surface area (TPSA) is 54.5 Å². The van der Waals surface area contributed by atoms with Crippen molar-refractivity contribution < 1.29 is 13.2 Å². The predicted molar refractivity (Wildman–Crippen MR) is 99.6 cm³/mol. The third-order valence-electron chi connectivity index (χ3n) is 4.45. The first-order chi connectivity index (χ1) is 11.8. The fourth-order valence-electron chi connectivity index (χ4n) is 3.08. The van der Waals surface area contributed by atoms with Crippen LogP contribution in [0.4, 0.5) is 0 Å². The maximum atomic E-state index is 13.0. The van der Waals surface area contributed by atoms with E-state index in [2.05, 4.69) is 0 Å². The van der Waals surface area contributed by atoms with Gasteiger partial charge in [-0.05, 0) is 43.2 Å². The second kappa shape index (κ2) is 7.18. The highest BCUT2D eigenvalue weighted by Crippen LogP contribution is 2.23. The van der Waals surface area contributed by atoms with Crippen LogP contribution in [0.15, 0.2) is 48.5 Å². The summed E-state index contributed by atoms with van der Waals surface area (Å²) in [7, 11) is -3.08. The summed E-state index contributed by atoms with van der Waals surface area (Å²) in [6.45, 7) is 2.30. The van der Waals surface area contributed by atoms with Crippen molar-refractivity contribution >= 4 is 27.3 Å². The number of rotatable bonds is 4. The van der Waals surface area contributed by atoms with Gasteiger partial charge in [-0.3, -0.25) is 4.79 Å². The molecule has 0 bridgehead atoms. The van der Waals surface area contributed by atoms with Crippen molar-refractivity contribution in [2.45, 2.75) is 25.9 Å². The Morgan fingerprint density at radius 2 is 1.92 bits per heavy atom. The minimum Gasteiger partial charge on any atom is -0.330 e. The molecule has 3 rings (SSSR count). The van der Waals surface area contributed by atoms with Crippen LogP contribution >= 0.6 is 11.6 Å². The third kappa shape index (κ3) is 4.41. The summed E-state index contributed by atoms with van der Waals surface area (Å²) in [4.78, 5) is 14.7. The quantitative estimate of drug-likeness (QED) is 0.819. The Labute approximate surface area is 153 Å². The van der Waals surface area contributed by atoms with Gasteiger partial charge in [-0.25, -0.2) is 8.42 Å². The number of amides is 1. The minimum absolute atomic E-state index is 0.0190. The molecular weight excluding hydrogens is 358 g/mol. The third-order valence-corrected chi connectivity index (χ3v) is 6.44. The van der Waals surface area contributed by atoms with E-state index in [1.54, 1.807) is 29.2 Å². The van der Waals surface area contributed by atoms with Gasteiger partial charge in [-0.15, -0.1) is 0 Å². The number of benzene rings is 2. The van der Waals surface area contributed by atoms with E-state index >= 15 is 0 Å². The van der Waals surface area contributed by atoms with Gasteiger partial charge in [-0.1, -0.05) is 41.4 Å². The van der Waals surface area contributed by atoms with Crippen molar-refractivity contribution in [3.8, 4) is 0 Å². The van der Waals surface area contributed by atoms with E-state index < -0.39 is 9.84 Å². The Morgan fingerprint density at radius 1 is 1.20 bits per heavy atom. The zero-order chi connectivity index (χ0) is 18.0. The van der Waals surface area contributed by atoms with Crippen molar-refractivity contribution in [3.05, 3.63) is 70.2 Å². The lowest BCUT2D eigenvalue weighted by Crippen LogP contribution is -2.40. The van der Waals surface area contributed by atoms with E-state index in [0.717, 1.165) is 11.1 Å². The molecule has 25 heavy (non-hydrogen) atoms. The highest BCUT2D eigenvalue weighted by Gasteiger charge is 2.35. The Kier molecular flexibility index (Phi) is 5.16. The van der Waals surface area contributed by atoms with E-state index in [9.17, 15) is 13.2 Å². The predicted octanol–water partition coefficient (Wildman–Crippen LogP) is 3.48. The van der Waals surface area contributed by atoms with Crippen LogP contribution in [0.1, 0.15) is 27.9 Å². The van der Waals surface area contributed by atoms with Gasteiger partial charge in [0.05, 0.1) is 11.5 Å². The average Bonchev–Trinajstić information content (AvgIpc) is 2.92. The number of carbonyl (C=O) groups is 1. The molecule has 1 fully saturated rings. The molecule has 0 N–H and O–H groups in total. The summed E-state index contributed by atoms with van der Waals surface area (Å²) in [6.07, 6.45) is 0.473. The monoisotopic (exact) mass is 377 g/mol. The highest BCUT2D eigenvalue weighted by molar-refractivity contribution is 7.91. The van der Waals surface area contributed by atoms with Crippen LogP contribution in [0.25, 0.3) is 0 Å². The van der Waals surface area contributed by atoms with Crippen LogP contribution in [0.5, 0.6) is 0 Å². The lowest BCUT2D eigenvalue weighted by molar-refractivity contribution is 0.0681. The summed E-state index contributed by atoms with van der Waals surface area (Å²) in [5, 5.41) is 0.597. The molecular formula is C19H20ClNO3S. The largest absolute Gasteiger partial charge is 0.330 e. The van der Waals surface area contributed by atoms with Crippen molar-refractivity contribution in [2.75, 3.05) is 11.5 Å². The molecule has 0 spiro atoms. The molecule has 1 aliphatic heterocycles. The number of nitrogens with zero attached hydrogens (tertiary/aromatic N) is 1. The molecule has 2 aromatic carbocycles. The van der Waals surface area contributed by atoms with Crippen LogP contribution in [0, 0.1) is 6.92 Å². The standard InChI is InChI=1S/C19H20ClNO3S/c1-14-5-7-16(8-6-14)19(22)21(18-9-10-25(23,24)13-18)12-15-3-2-4-17(20)11-15/h2-8,11,18H,9-10,12-13H2,1H3/t18-/m0/s1. The van der Waals surface area contributed by atoms with Crippen molar-refractivity contribution in [3.63, 3.8) is 0 Å². The molecule has 0 aromatic heterocycles. The Bertz CT molecular complexity index is 878. The number of hydrogen-bond donors (Lipinski definition) is 0. The van der Waals surface area contributed by atoms with E-state index in [1.807, 2.05) is 31.2 Å². The SMILES string of the molecule is Cc1ccc(C(=O)N(Cc2cccc(Cl)c2)[C@H]2CCS(=O)(=O)C2)cc1. The zero-order valence-corrected chi connectivity index (χ0v) is 15.6. The molecule has 132 valence electrons. The average molecular weight is 378 g/mol. The normalized spacial score (nSPS) is 18.9. The van der Waals surface area contributed by atoms with E-state index in [1.165, 1.54) is 0 Å². The fourth-order valence-corrected chi connectivity index (χ4v) is 5.03. The Morgan fingerprint density at radius 3 is 2.52 bits per heavy atom. The van der Waals surface area contributed by atoms with Crippen LogP contribution < -0.4 is 0 Å². The van der Waals surface area contributed by atoms with E-state index in [0.29, 0.717) is 23.6 Å². The van der Waals surface area contributed by atoms with Gasteiger partial charge >= 0.3 is 0 Å². The molecule has 0 aliphatic carbocycles. The number of carbonyl (C=O) groups excluding carboxylic acids is 1. The zero-order valence-electron chi connectivity index (χ0n) is 14.0. The lowest BCUT2D eigenvalue weighted by atomic mass is 10.1. The molecule has 2 aromatic rings. The molecule has 1 saturated heterocycles. The van der Waals surface area contributed by atoms with Crippen molar-refractivity contribution in [1.82, 2.24) is 4.90 Å². The first-order valence-corrected chi connectivity index (χ1v) is 10.4. The molecule has 1 amide bonds. The van der Waals surface area contributed by atoms with Gasteiger partial charge in [0.25, 0.3) is 5.91 Å². The van der Waals surface area contributed by atoms with Gasteiger partial charge in [0, 0.05) is 23.2 Å². The Balaban J connectivity index is 1.91. The smallest absolute Gasteiger partial charge is 0.254 e. The number of halogens is 1. The Hall–Kier alpha value is -1.85. The maximum absolute atomic E-state index is 13.0. The van der Waals surface area contributed by atoms with Crippen LogP contribution in [0.3, 0.4) is 0 Å². The van der Waals surface area contributed by atoms with Gasteiger partial charge in [-0.2, -0.15) is 0 Å². The number of sulfone groups is 1. The van der Waals surface area contributed by atoms with Gasteiger partial charge < -0.3 is 4.90 Å². The molecule has 0 unspecified atom stereocenters. The molecule has 6 heteroatoms. The molecule has 0 saturated carbocycles. The van der Waals surface area contributed by atoms with Gasteiger partial charge in [0.1, 0.15) is 0 Å². The minimum atomic E-state index is -3.08. The van der Waals surface area contributed by atoms with Gasteiger partial charge in [0.15, 0.2) is 9.84 Å². The molecule has 1 heterocycles. The highest BCUT2D eigenvalue weighted by atomic mass is 35.5. The summed E-state index contributed by atoms with van der Waals surface area (Å²) in [5.41, 5.74) is 2.52. The molecule has 4 nitrogen and oxygen atoms in total. The maximum Gasteiger partial charge on any atom is 0.254 e. The second-order valence-electron chi connectivity index (χ2n) is 6.49. The van der Waals surface area contributed by atoms with E-state index in [-0.39, 0.29) is 23.5 Å². The number of aryl methyl sites for hydroxylation is 1. The summed E-state index contributed by atoms with van der Waals surface area (Å²) >= 11 is 6.05. The molecule has 1 atom stereocenters. The molecule has 0 radical (unpaired) electrons. The second-order valence-corrected chi connectivity index (χ2v) is 9.15. The van der Waals surface area contributed by atoms with E-state index in [4.69, 9.17) is 11.6 Å². The first kappa shape index (κ1) is 18.0. The van der Waals surface area contributed by atoms with Crippen molar-refractivity contribution in [1.29, 1.82) is 0 Å². The summed E-state index contributed by atoms with van der Waals surface area (Å²) in [5.74, 6) is -0.00199. The summed E-state index contributed by atoms with van der Waals surface area (Å²) < 4.78 is 23.8. The molecule has 1 aliphatic rings. The lowest BCUT2D eigenvalue weighted by Gasteiger charge is -2.28. The van der Waals surface area contributed by atoms with Crippen LogP contribution in [-0.2, 0) is 16.4 Å². The first-order valence-electron chi connectivity index (χ1n) is 8.16.